The third-order valence-corrected chi connectivity index (χ3v) is 5.86. The highest BCUT2D eigenvalue weighted by atomic mass is 16.5. The largest absolute Gasteiger partial charge is 0.497 e. The van der Waals surface area contributed by atoms with Crippen molar-refractivity contribution in [1.82, 2.24) is 20.2 Å². The van der Waals surface area contributed by atoms with Crippen LogP contribution in [0.25, 0.3) is 11.0 Å². The van der Waals surface area contributed by atoms with E-state index >= 15 is 0 Å². The fraction of sp³-hybridized carbons (Fsp3) is 0.318. The first-order valence-corrected chi connectivity index (χ1v) is 9.87. The average Bonchev–Trinajstić information content (AvgIpc) is 3.45. The Bertz CT molecular complexity index is 1070. The van der Waals surface area contributed by atoms with Crippen LogP contribution in [0.1, 0.15) is 53.1 Å². The molecule has 7 nitrogen and oxygen atoms in total. The second kappa shape index (κ2) is 6.92. The number of imidazole rings is 1. The summed E-state index contributed by atoms with van der Waals surface area (Å²) in [6.45, 7) is 0.705. The lowest BCUT2D eigenvalue weighted by Gasteiger charge is -2.25. The van der Waals surface area contributed by atoms with Gasteiger partial charge in [0.05, 0.1) is 36.6 Å². The van der Waals surface area contributed by atoms with Gasteiger partial charge >= 0.3 is 0 Å². The molecule has 29 heavy (non-hydrogen) atoms. The van der Waals surface area contributed by atoms with Gasteiger partial charge in [0.25, 0.3) is 5.91 Å². The van der Waals surface area contributed by atoms with Crippen LogP contribution in [0.5, 0.6) is 5.75 Å². The second-order valence-corrected chi connectivity index (χ2v) is 7.57. The monoisotopic (exact) mass is 390 g/mol. The minimum Gasteiger partial charge on any atom is -0.497 e. The number of para-hydroxylation sites is 2. The van der Waals surface area contributed by atoms with Crippen molar-refractivity contribution in [2.24, 2.45) is 0 Å². The van der Waals surface area contributed by atoms with Gasteiger partial charge < -0.3 is 19.9 Å². The van der Waals surface area contributed by atoms with Crippen molar-refractivity contribution in [2.75, 3.05) is 13.7 Å². The molecule has 0 bridgehead atoms. The highest BCUT2D eigenvalue weighted by molar-refractivity contribution is 6.00. The molecular weight excluding hydrogens is 368 g/mol. The maximum atomic E-state index is 13.1. The van der Waals surface area contributed by atoms with E-state index in [1.54, 1.807) is 13.2 Å². The number of carbonyl (C=O) groups excluding carboxylic acids is 2. The predicted octanol–water partition coefficient (Wildman–Crippen LogP) is 3.11. The predicted molar refractivity (Wildman–Crippen MR) is 108 cm³/mol. The van der Waals surface area contributed by atoms with Crippen LogP contribution in [0.15, 0.2) is 42.5 Å². The summed E-state index contributed by atoms with van der Waals surface area (Å²) in [5.41, 5.74) is 3.32. The Hall–Kier alpha value is -3.35. The molecule has 1 fully saturated rings. The van der Waals surface area contributed by atoms with Crippen LogP contribution in [-0.2, 0) is 4.79 Å². The van der Waals surface area contributed by atoms with Gasteiger partial charge in [-0.05, 0) is 42.7 Å². The molecule has 7 heteroatoms. The molecule has 0 spiro atoms. The van der Waals surface area contributed by atoms with Crippen molar-refractivity contribution < 1.29 is 14.3 Å². The van der Waals surface area contributed by atoms with E-state index in [1.807, 2.05) is 41.3 Å². The number of methoxy groups -OCH3 is 1. The van der Waals surface area contributed by atoms with Crippen molar-refractivity contribution in [3.8, 4) is 5.75 Å². The fourth-order valence-electron chi connectivity index (χ4n) is 4.41. The minimum absolute atomic E-state index is 0.0296. The summed E-state index contributed by atoms with van der Waals surface area (Å²) < 4.78 is 5.21. The first kappa shape index (κ1) is 17.7. The molecule has 2 aromatic carbocycles. The lowest BCUT2D eigenvalue weighted by atomic mass is 10.0. The second-order valence-electron chi connectivity index (χ2n) is 7.57. The molecule has 2 amide bonds. The number of amides is 2. The highest BCUT2D eigenvalue weighted by Crippen LogP contribution is 2.35. The lowest BCUT2D eigenvalue weighted by molar-refractivity contribution is -0.132. The number of H-pyrrole nitrogens is 1. The van der Waals surface area contributed by atoms with Gasteiger partial charge in [0.15, 0.2) is 0 Å². The molecule has 0 saturated carbocycles. The van der Waals surface area contributed by atoms with E-state index in [1.165, 1.54) is 0 Å². The van der Waals surface area contributed by atoms with Gasteiger partial charge in [0, 0.05) is 12.1 Å². The zero-order valence-electron chi connectivity index (χ0n) is 16.1. The summed E-state index contributed by atoms with van der Waals surface area (Å²) in [6, 6.07) is 12.9. The number of likely N-dealkylation sites (tertiary alicyclic amines) is 1. The van der Waals surface area contributed by atoms with Crippen molar-refractivity contribution >= 4 is 22.8 Å². The van der Waals surface area contributed by atoms with Gasteiger partial charge in [-0.3, -0.25) is 9.59 Å². The summed E-state index contributed by atoms with van der Waals surface area (Å²) in [5, 5.41) is 2.94. The number of ether oxygens (including phenoxy) is 1. The number of hydrogen-bond donors (Lipinski definition) is 2. The van der Waals surface area contributed by atoms with Gasteiger partial charge in [-0.2, -0.15) is 0 Å². The molecule has 2 aliphatic heterocycles. The van der Waals surface area contributed by atoms with Crippen LogP contribution in [0.3, 0.4) is 0 Å². The van der Waals surface area contributed by atoms with Crippen LogP contribution < -0.4 is 10.1 Å². The molecule has 1 saturated heterocycles. The Morgan fingerprint density at radius 2 is 2.14 bits per heavy atom. The van der Waals surface area contributed by atoms with E-state index in [2.05, 4.69) is 10.3 Å². The number of aromatic nitrogens is 2. The van der Waals surface area contributed by atoms with E-state index in [9.17, 15) is 9.59 Å². The molecule has 0 radical (unpaired) electrons. The fourth-order valence-corrected chi connectivity index (χ4v) is 4.41. The third-order valence-electron chi connectivity index (χ3n) is 5.86. The molecule has 1 aromatic heterocycles. The topological polar surface area (TPSA) is 87.3 Å². The van der Waals surface area contributed by atoms with Crippen LogP contribution >= 0.6 is 0 Å². The molecule has 0 aliphatic carbocycles. The maximum absolute atomic E-state index is 13.1. The first-order valence-electron chi connectivity index (χ1n) is 9.87. The number of benzene rings is 2. The van der Waals surface area contributed by atoms with Crippen molar-refractivity contribution in [3.05, 3.63) is 59.4 Å². The maximum Gasteiger partial charge on any atom is 0.252 e. The van der Waals surface area contributed by atoms with Crippen LogP contribution in [0, 0.1) is 0 Å². The number of nitrogens with one attached hydrogen (secondary N) is 2. The molecule has 3 aromatic rings. The smallest absolute Gasteiger partial charge is 0.252 e. The number of hydrogen-bond acceptors (Lipinski definition) is 4. The van der Waals surface area contributed by atoms with E-state index in [-0.39, 0.29) is 30.3 Å². The number of aromatic amines is 1. The minimum atomic E-state index is -0.312. The zero-order chi connectivity index (χ0) is 20.0. The summed E-state index contributed by atoms with van der Waals surface area (Å²) in [6.07, 6.45) is 2.07. The van der Waals surface area contributed by atoms with Gasteiger partial charge in [-0.1, -0.05) is 18.2 Å². The Morgan fingerprint density at radius 3 is 2.97 bits per heavy atom. The molecule has 2 N–H and O–H groups in total. The molecule has 3 heterocycles. The highest BCUT2D eigenvalue weighted by Gasteiger charge is 2.36. The molecule has 148 valence electrons. The number of fused-ring (bicyclic) bond motifs is 2. The van der Waals surface area contributed by atoms with Gasteiger partial charge in [-0.25, -0.2) is 4.98 Å². The van der Waals surface area contributed by atoms with E-state index < -0.39 is 0 Å². The van der Waals surface area contributed by atoms with Crippen LogP contribution in [-0.4, -0.2) is 40.3 Å². The molecule has 2 atom stereocenters. The number of carbonyl (C=O) groups is 2. The van der Waals surface area contributed by atoms with Crippen molar-refractivity contribution in [2.45, 2.75) is 31.3 Å². The SMILES string of the molecule is COc1ccc2c(c1)C(=O)NC2CC(=O)N1CCCC1c1nc2ccccc2[nH]1. The summed E-state index contributed by atoms with van der Waals surface area (Å²) in [7, 11) is 1.57. The number of nitrogens with zero attached hydrogens (tertiary/aromatic N) is 2. The third kappa shape index (κ3) is 3.03. The Labute approximate surface area is 168 Å². The van der Waals surface area contributed by atoms with Gasteiger partial charge in [0.2, 0.25) is 5.91 Å². The van der Waals surface area contributed by atoms with Crippen LogP contribution in [0.4, 0.5) is 0 Å². The standard InChI is InChI=1S/C22H22N4O3/c1-29-13-8-9-14-15(11-13)22(28)25-18(14)12-20(27)26-10-4-7-19(26)21-23-16-5-2-3-6-17(16)24-21/h2-3,5-6,8-9,11,18-19H,4,7,10,12H2,1H3,(H,23,24)(H,25,28). The number of rotatable bonds is 4. The van der Waals surface area contributed by atoms with Crippen molar-refractivity contribution in [1.29, 1.82) is 0 Å². The first-order chi connectivity index (χ1) is 14.1. The Kier molecular flexibility index (Phi) is 4.23. The molecular formula is C22H22N4O3. The van der Waals surface area contributed by atoms with E-state index in [4.69, 9.17) is 9.72 Å². The van der Waals surface area contributed by atoms with E-state index in [0.29, 0.717) is 17.9 Å². The van der Waals surface area contributed by atoms with Gasteiger partial charge in [0.1, 0.15) is 11.6 Å². The molecule has 2 unspecified atom stereocenters. The quantitative estimate of drug-likeness (QED) is 0.717. The Balaban J connectivity index is 1.36. The van der Waals surface area contributed by atoms with Crippen LogP contribution in [0.2, 0.25) is 0 Å². The zero-order valence-corrected chi connectivity index (χ0v) is 16.1. The lowest BCUT2D eigenvalue weighted by Crippen LogP contribution is -2.34. The summed E-state index contributed by atoms with van der Waals surface area (Å²) >= 11 is 0. The molecule has 5 rings (SSSR count). The average molecular weight is 390 g/mol. The van der Waals surface area contributed by atoms with Gasteiger partial charge in [-0.15, -0.1) is 0 Å². The normalized spacial score (nSPS) is 20.7. The summed E-state index contributed by atoms with van der Waals surface area (Å²) in [5.74, 6) is 1.34. The summed E-state index contributed by atoms with van der Waals surface area (Å²) in [4.78, 5) is 35.4. The van der Waals surface area contributed by atoms with Crippen molar-refractivity contribution in [3.63, 3.8) is 0 Å². The molecule has 2 aliphatic rings. The van der Waals surface area contributed by atoms with E-state index in [0.717, 1.165) is 35.3 Å². The Morgan fingerprint density at radius 1 is 1.28 bits per heavy atom.